The molecule has 0 heterocycles. The average Bonchev–Trinajstić information content (AvgIpc) is 2.33. The fraction of sp³-hybridized carbons (Fsp3) is 1.00. The van der Waals surface area contributed by atoms with Gasteiger partial charge in [0, 0.05) is 30.4 Å². The maximum Gasteiger partial charge on any atom is 0.0499 e. The normalized spacial score (nSPS) is 31.8. The molecule has 1 N–H and O–H groups in total. The molecule has 1 rings (SSSR count). The summed E-state index contributed by atoms with van der Waals surface area (Å²) in [5.74, 6) is 2.03. The van der Waals surface area contributed by atoms with Gasteiger partial charge in [-0.15, -0.1) is 0 Å². The molecule has 1 aliphatic rings. The van der Waals surface area contributed by atoms with Crippen LogP contribution in [0.25, 0.3) is 0 Å². The van der Waals surface area contributed by atoms with Gasteiger partial charge in [-0.1, -0.05) is 19.8 Å². The van der Waals surface area contributed by atoms with Gasteiger partial charge in [0.1, 0.15) is 0 Å². The molecule has 0 aromatic rings. The van der Waals surface area contributed by atoms with Gasteiger partial charge >= 0.3 is 0 Å². The third kappa shape index (κ3) is 4.46. The van der Waals surface area contributed by atoms with Crippen LogP contribution in [-0.4, -0.2) is 48.3 Å². The molecule has 0 amide bonds. The molecule has 1 atom stereocenters. The molecule has 1 aliphatic carbocycles. The van der Waals surface area contributed by atoms with Crippen molar-refractivity contribution in [2.45, 2.75) is 45.6 Å². The largest absolute Gasteiger partial charge is 0.396 e. The lowest BCUT2D eigenvalue weighted by atomic mass is 9.71. The summed E-state index contributed by atoms with van der Waals surface area (Å²) >= 11 is 1.90. The number of hydrogen-bond donors (Lipinski definition) is 1. The molecule has 0 aromatic heterocycles. The lowest BCUT2D eigenvalue weighted by Crippen LogP contribution is -2.44. The average molecular weight is 259 g/mol. The van der Waals surface area contributed by atoms with Crippen molar-refractivity contribution in [3.63, 3.8) is 0 Å². The van der Waals surface area contributed by atoms with E-state index in [0.717, 1.165) is 12.5 Å². The monoisotopic (exact) mass is 259 g/mol. The van der Waals surface area contributed by atoms with Crippen molar-refractivity contribution < 1.29 is 5.11 Å². The lowest BCUT2D eigenvalue weighted by Gasteiger charge is -2.42. The Labute approximate surface area is 111 Å². The van der Waals surface area contributed by atoms with E-state index in [4.69, 9.17) is 0 Å². The molecular formula is C14H29NOS. The minimum atomic E-state index is 0.175. The summed E-state index contributed by atoms with van der Waals surface area (Å²) in [6, 6.07) is 0.604. The maximum atomic E-state index is 9.76. The Morgan fingerprint density at radius 3 is 2.47 bits per heavy atom. The molecule has 0 aliphatic heterocycles. The summed E-state index contributed by atoms with van der Waals surface area (Å²) < 4.78 is 0. The highest BCUT2D eigenvalue weighted by atomic mass is 32.2. The van der Waals surface area contributed by atoms with E-state index in [0.29, 0.717) is 12.6 Å². The molecule has 0 spiro atoms. The Balaban J connectivity index is 2.50. The molecule has 2 nitrogen and oxygen atoms in total. The highest BCUT2D eigenvalue weighted by molar-refractivity contribution is 7.98. The second-order valence-corrected chi connectivity index (χ2v) is 6.97. The van der Waals surface area contributed by atoms with E-state index in [1.165, 1.54) is 31.4 Å². The molecule has 102 valence electrons. The van der Waals surface area contributed by atoms with Crippen molar-refractivity contribution in [3.05, 3.63) is 0 Å². The predicted octanol–water partition coefficient (Wildman–Crippen LogP) is 2.86. The van der Waals surface area contributed by atoms with Crippen LogP contribution in [0, 0.1) is 11.3 Å². The van der Waals surface area contributed by atoms with Crippen LogP contribution in [0.2, 0.25) is 0 Å². The molecule has 1 saturated carbocycles. The molecular weight excluding hydrogens is 230 g/mol. The summed E-state index contributed by atoms with van der Waals surface area (Å²) in [7, 11) is 2.20. The summed E-state index contributed by atoms with van der Waals surface area (Å²) in [5, 5.41) is 9.76. The van der Waals surface area contributed by atoms with Gasteiger partial charge < -0.3 is 10.0 Å². The molecule has 17 heavy (non-hydrogen) atoms. The first-order valence-corrected chi connectivity index (χ1v) is 8.22. The van der Waals surface area contributed by atoms with Gasteiger partial charge in [0.25, 0.3) is 0 Å². The fourth-order valence-corrected chi connectivity index (χ4v) is 3.53. The highest BCUT2D eigenvalue weighted by Gasteiger charge is 2.35. The quantitative estimate of drug-likeness (QED) is 0.793. The fourth-order valence-electron chi connectivity index (χ4n) is 2.79. The summed E-state index contributed by atoms with van der Waals surface area (Å²) in [4.78, 5) is 2.43. The lowest BCUT2D eigenvalue weighted by molar-refractivity contribution is 0.0295. The molecule has 0 bridgehead atoms. The Bertz CT molecular complexity index is 214. The number of nitrogens with zero attached hydrogens (tertiary/aromatic N) is 1. The predicted molar refractivity (Wildman–Crippen MR) is 77.6 cm³/mol. The van der Waals surface area contributed by atoms with Crippen molar-refractivity contribution >= 4 is 11.8 Å². The Hall–Kier alpha value is 0.270. The van der Waals surface area contributed by atoms with Gasteiger partial charge in [0.05, 0.1) is 0 Å². The van der Waals surface area contributed by atoms with Gasteiger partial charge in [-0.3, -0.25) is 0 Å². The van der Waals surface area contributed by atoms with E-state index < -0.39 is 0 Å². The van der Waals surface area contributed by atoms with E-state index in [9.17, 15) is 5.11 Å². The molecule has 0 aromatic carbocycles. The van der Waals surface area contributed by atoms with Gasteiger partial charge in [0.15, 0.2) is 0 Å². The van der Waals surface area contributed by atoms with Gasteiger partial charge in [-0.25, -0.2) is 0 Å². The zero-order chi connectivity index (χ0) is 12.9. The van der Waals surface area contributed by atoms with E-state index in [-0.39, 0.29) is 5.41 Å². The van der Waals surface area contributed by atoms with Crippen LogP contribution in [0.15, 0.2) is 0 Å². The second-order valence-electron chi connectivity index (χ2n) is 6.06. The summed E-state index contributed by atoms with van der Waals surface area (Å²) in [5.41, 5.74) is 0.175. The second kappa shape index (κ2) is 7.01. The molecule has 0 radical (unpaired) electrons. The Morgan fingerprint density at radius 2 is 2.00 bits per heavy atom. The number of aliphatic hydroxyl groups excluding tert-OH is 1. The Kier molecular flexibility index (Phi) is 6.32. The van der Waals surface area contributed by atoms with Crippen molar-refractivity contribution in [2.24, 2.45) is 11.3 Å². The maximum absolute atomic E-state index is 9.76. The first kappa shape index (κ1) is 15.3. The van der Waals surface area contributed by atoms with E-state index in [2.05, 4.69) is 32.1 Å². The van der Waals surface area contributed by atoms with Gasteiger partial charge in [0.2, 0.25) is 0 Å². The number of aliphatic hydroxyl groups is 1. The van der Waals surface area contributed by atoms with Crippen LogP contribution in [0.3, 0.4) is 0 Å². The van der Waals surface area contributed by atoms with E-state index >= 15 is 0 Å². The van der Waals surface area contributed by atoms with Crippen LogP contribution in [-0.2, 0) is 0 Å². The molecule has 3 heteroatoms. The van der Waals surface area contributed by atoms with Crippen molar-refractivity contribution in [1.29, 1.82) is 0 Å². The third-order valence-corrected chi connectivity index (χ3v) is 5.23. The van der Waals surface area contributed by atoms with Gasteiger partial charge in [-0.05, 0) is 39.0 Å². The van der Waals surface area contributed by atoms with Crippen molar-refractivity contribution in [1.82, 2.24) is 4.90 Å². The third-order valence-electron chi connectivity index (χ3n) is 4.42. The zero-order valence-electron chi connectivity index (χ0n) is 11.9. The van der Waals surface area contributed by atoms with Crippen molar-refractivity contribution in [2.75, 3.05) is 32.2 Å². The summed E-state index contributed by atoms with van der Waals surface area (Å²) in [6.45, 7) is 6.03. The first-order valence-electron chi connectivity index (χ1n) is 6.83. The van der Waals surface area contributed by atoms with E-state index in [1.807, 2.05) is 11.8 Å². The topological polar surface area (TPSA) is 23.5 Å². The molecule has 1 unspecified atom stereocenters. The van der Waals surface area contributed by atoms with Gasteiger partial charge in [-0.2, -0.15) is 11.8 Å². The van der Waals surface area contributed by atoms with Crippen LogP contribution in [0.5, 0.6) is 0 Å². The SMILES string of the molecule is CSCC(C)N(C)CC1(CO)CCC(C)CC1. The van der Waals surface area contributed by atoms with Crippen LogP contribution >= 0.6 is 11.8 Å². The minimum Gasteiger partial charge on any atom is -0.396 e. The smallest absolute Gasteiger partial charge is 0.0499 e. The number of hydrogen-bond acceptors (Lipinski definition) is 3. The summed E-state index contributed by atoms with van der Waals surface area (Å²) in [6.07, 6.45) is 7.12. The number of thioether (sulfide) groups is 1. The minimum absolute atomic E-state index is 0.175. The molecule has 1 fully saturated rings. The standard InChI is InChI=1S/C14H29NOS/c1-12-5-7-14(11-16,8-6-12)10-15(3)13(2)9-17-4/h12-13,16H,5-11H2,1-4H3. The highest BCUT2D eigenvalue weighted by Crippen LogP contribution is 2.39. The zero-order valence-corrected chi connectivity index (χ0v) is 12.7. The Morgan fingerprint density at radius 1 is 1.41 bits per heavy atom. The van der Waals surface area contributed by atoms with Crippen LogP contribution in [0.4, 0.5) is 0 Å². The first-order chi connectivity index (χ1) is 8.03. The number of rotatable bonds is 6. The van der Waals surface area contributed by atoms with E-state index in [1.54, 1.807) is 0 Å². The van der Waals surface area contributed by atoms with Crippen LogP contribution in [0.1, 0.15) is 39.5 Å². The van der Waals surface area contributed by atoms with Crippen molar-refractivity contribution in [3.8, 4) is 0 Å². The molecule has 0 saturated heterocycles. The van der Waals surface area contributed by atoms with Crippen LogP contribution < -0.4 is 0 Å².